The molecule has 13 heavy (non-hydrogen) atoms. The van der Waals surface area contributed by atoms with Crippen LogP contribution in [0.5, 0.6) is 0 Å². The summed E-state index contributed by atoms with van der Waals surface area (Å²) in [5, 5.41) is 9.31. The van der Waals surface area contributed by atoms with Gasteiger partial charge >= 0.3 is 0 Å². The van der Waals surface area contributed by atoms with Crippen molar-refractivity contribution in [3.05, 3.63) is 35.1 Å². The summed E-state index contributed by atoms with van der Waals surface area (Å²) in [6.07, 6.45) is 0. The molecule has 3 heteroatoms. The van der Waals surface area contributed by atoms with E-state index in [9.17, 15) is 4.39 Å². The molecule has 0 amide bonds. The van der Waals surface area contributed by atoms with Gasteiger partial charge in [0, 0.05) is 0 Å². The largest absolute Gasteiger partial charge is 0.392 e. The summed E-state index contributed by atoms with van der Waals surface area (Å²) >= 11 is 3.12. The molecule has 0 saturated carbocycles. The molecule has 0 aliphatic heterocycles. The molecule has 1 nitrogen and oxygen atoms in total. The SMILES string of the molecule is OCc1ccc(F)c(C#CCBr)c1. The molecule has 0 saturated heterocycles. The lowest BCUT2D eigenvalue weighted by atomic mass is 10.1. The van der Waals surface area contributed by atoms with E-state index < -0.39 is 0 Å². The normalized spacial score (nSPS) is 9.15. The molecule has 1 rings (SSSR count). The predicted molar refractivity (Wildman–Crippen MR) is 53.0 cm³/mol. The summed E-state index contributed by atoms with van der Waals surface area (Å²) in [5.74, 6) is 5.00. The van der Waals surface area contributed by atoms with E-state index in [4.69, 9.17) is 5.11 Å². The van der Waals surface area contributed by atoms with Crippen LogP contribution in [0.25, 0.3) is 0 Å². The van der Waals surface area contributed by atoms with Gasteiger partial charge in [-0.2, -0.15) is 0 Å². The quantitative estimate of drug-likeness (QED) is 0.591. The van der Waals surface area contributed by atoms with Crippen LogP contribution in [0, 0.1) is 17.7 Å². The molecule has 0 unspecified atom stereocenters. The molecule has 1 aromatic carbocycles. The molecule has 0 spiro atoms. The Labute approximate surface area is 84.7 Å². The maximum atomic E-state index is 13.0. The van der Waals surface area contributed by atoms with Crippen LogP contribution < -0.4 is 0 Å². The summed E-state index contributed by atoms with van der Waals surface area (Å²) in [4.78, 5) is 0. The minimum absolute atomic E-state index is 0.0940. The lowest BCUT2D eigenvalue weighted by Gasteiger charge is -1.97. The average Bonchev–Trinajstić information content (AvgIpc) is 2.17. The second-order valence-corrected chi connectivity index (χ2v) is 2.97. The highest BCUT2D eigenvalue weighted by atomic mass is 79.9. The zero-order valence-corrected chi connectivity index (χ0v) is 8.44. The van der Waals surface area contributed by atoms with Gasteiger partial charge in [0.15, 0.2) is 0 Å². The second-order valence-electron chi connectivity index (χ2n) is 2.41. The Morgan fingerprint density at radius 3 is 2.85 bits per heavy atom. The summed E-state index contributed by atoms with van der Waals surface area (Å²) < 4.78 is 13.0. The maximum Gasteiger partial charge on any atom is 0.138 e. The number of aliphatic hydroxyl groups is 1. The van der Waals surface area contributed by atoms with E-state index in [1.165, 1.54) is 12.1 Å². The number of benzene rings is 1. The van der Waals surface area contributed by atoms with Crippen molar-refractivity contribution in [2.75, 3.05) is 5.33 Å². The Balaban J connectivity index is 3.04. The fourth-order valence-corrected chi connectivity index (χ4v) is 1.04. The zero-order valence-electron chi connectivity index (χ0n) is 6.85. The van der Waals surface area contributed by atoms with Crippen molar-refractivity contribution in [1.82, 2.24) is 0 Å². The van der Waals surface area contributed by atoms with Crippen LogP contribution in [0.3, 0.4) is 0 Å². The van der Waals surface area contributed by atoms with Gasteiger partial charge in [-0.1, -0.05) is 33.8 Å². The molecular weight excluding hydrogens is 235 g/mol. The maximum absolute atomic E-state index is 13.0. The van der Waals surface area contributed by atoms with Crippen molar-refractivity contribution >= 4 is 15.9 Å². The molecule has 1 aromatic rings. The van der Waals surface area contributed by atoms with Crippen LogP contribution in [0.2, 0.25) is 0 Å². The smallest absolute Gasteiger partial charge is 0.138 e. The first kappa shape index (κ1) is 10.2. The third kappa shape index (κ3) is 2.83. The molecular formula is C10H8BrFO. The van der Waals surface area contributed by atoms with E-state index >= 15 is 0 Å². The van der Waals surface area contributed by atoms with E-state index in [2.05, 4.69) is 27.8 Å². The van der Waals surface area contributed by atoms with Gasteiger partial charge in [-0.25, -0.2) is 4.39 Å². The first-order chi connectivity index (χ1) is 6.27. The summed E-state index contributed by atoms with van der Waals surface area (Å²) in [7, 11) is 0. The molecule has 0 heterocycles. The van der Waals surface area contributed by atoms with Crippen LogP contribution in [-0.2, 0) is 6.61 Å². The van der Waals surface area contributed by atoms with E-state index in [1.54, 1.807) is 6.07 Å². The van der Waals surface area contributed by atoms with Crippen molar-refractivity contribution in [2.45, 2.75) is 6.61 Å². The van der Waals surface area contributed by atoms with Crippen molar-refractivity contribution in [2.24, 2.45) is 0 Å². The van der Waals surface area contributed by atoms with Gasteiger partial charge in [-0.05, 0) is 17.7 Å². The number of halogens is 2. The number of alkyl halides is 1. The Morgan fingerprint density at radius 2 is 2.23 bits per heavy atom. The monoisotopic (exact) mass is 242 g/mol. The third-order valence-corrected chi connectivity index (χ3v) is 1.78. The Bertz CT molecular complexity index is 352. The van der Waals surface area contributed by atoms with Crippen molar-refractivity contribution in [1.29, 1.82) is 0 Å². The number of hydrogen-bond donors (Lipinski definition) is 1. The molecule has 1 N–H and O–H groups in total. The average molecular weight is 243 g/mol. The zero-order chi connectivity index (χ0) is 9.68. The molecule has 68 valence electrons. The predicted octanol–water partition coefficient (Wildman–Crippen LogP) is 2.06. The topological polar surface area (TPSA) is 20.2 Å². The number of hydrogen-bond acceptors (Lipinski definition) is 1. The van der Waals surface area contributed by atoms with E-state index in [-0.39, 0.29) is 12.4 Å². The van der Waals surface area contributed by atoms with Gasteiger partial charge < -0.3 is 5.11 Å². The lowest BCUT2D eigenvalue weighted by molar-refractivity contribution is 0.281. The standard InChI is InChI=1S/C10H8BrFO/c11-5-1-2-9-6-8(7-13)3-4-10(9)12/h3-4,6,13H,5,7H2. The van der Waals surface area contributed by atoms with Crippen molar-refractivity contribution in [3.63, 3.8) is 0 Å². The van der Waals surface area contributed by atoms with Gasteiger partial charge in [0.2, 0.25) is 0 Å². The molecule has 0 radical (unpaired) electrons. The summed E-state index contributed by atoms with van der Waals surface area (Å²) in [6.45, 7) is -0.0940. The Hall–Kier alpha value is -0.850. The van der Waals surface area contributed by atoms with Gasteiger partial charge in [0.1, 0.15) is 5.82 Å². The van der Waals surface area contributed by atoms with E-state index in [0.29, 0.717) is 16.5 Å². The molecule has 0 atom stereocenters. The minimum Gasteiger partial charge on any atom is -0.392 e. The first-order valence-electron chi connectivity index (χ1n) is 3.72. The van der Waals surface area contributed by atoms with Crippen LogP contribution in [0.1, 0.15) is 11.1 Å². The Kier molecular flexibility index (Phi) is 3.94. The molecule has 0 fully saturated rings. The minimum atomic E-state index is -0.356. The fourth-order valence-electron chi connectivity index (χ4n) is 0.895. The lowest BCUT2D eigenvalue weighted by Crippen LogP contribution is -1.88. The van der Waals surface area contributed by atoms with Crippen LogP contribution in [0.4, 0.5) is 4.39 Å². The van der Waals surface area contributed by atoms with Gasteiger partial charge in [0.05, 0.1) is 17.5 Å². The van der Waals surface area contributed by atoms with Gasteiger partial charge in [-0.3, -0.25) is 0 Å². The summed E-state index contributed by atoms with van der Waals surface area (Å²) in [6, 6.07) is 4.39. The molecule has 0 aromatic heterocycles. The van der Waals surface area contributed by atoms with Crippen LogP contribution >= 0.6 is 15.9 Å². The highest BCUT2D eigenvalue weighted by Crippen LogP contribution is 2.09. The highest BCUT2D eigenvalue weighted by molar-refractivity contribution is 9.09. The van der Waals surface area contributed by atoms with Crippen molar-refractivity contribution < 1.29 is 9.50 Å². The molecule has 0 aliphatic rings. The fraction of sp³-hybridized carbons (Fsp3) is 0.200. The Morgan fingerprint density at radius 1 is 1.46 bits per heavy atom. The summed E-state index contributed by atoms with van der Waals surface area (Å²) in [5.41, 5.74) is 0.992. The number of rotatable bonds is 1. The first-order valence-corrected chi connectivity index (χ1v) is 4.84. The number of aliphatic hydroxyl groups excluding tert-OH is 1. The van der Waals surface area contributed by atoms with Crippen molar-refractivity contribution in [3.8, 4) is 11.8 Å². The van der Waals surface area contributed by atoms with Gasteiger partial charge in [0.25, 0.3) is 0 Å². The van der Waals surface area contributed by atoms with E-state index in [1.807, 2.05) is 0 Å². The molecule has 0 bridgehead atoms. The third-order valence-electron chi connectivity index (χ3n) is 1.50. The van der Waals surface area contributed by atoms with E-state index in [0.717, 1.165) is 0 Å². The van der Waals surface area contributed by atoms with Crippen LogP contribution in [0.15, 0.2) is 18.2 Å². The molecule has 0 aliphatic carbocycles. The van der Waals surface area contributed by atoms with Gasteiger partial charge in [-0.15, -0.1) is 0 Å². The highest BCUT2D eigenvalue weighted by Gasteiger charge is 1.99. The second kappa shape index (κ2) is 5.00. The van der Waals surface area contributed by atoms with Crippen LogP contribution in [-0.4, -0.2) is 10.4 Å².